The molecule has 1 rings (SSSR count). The Labute approximate surface area is 48.2 Å². The molecule has 1 aliphatic heterocycles. The van der Waals surface area contributed by atoms with Crippen molar-refractivity contribution in [2.75, 3.05) is 20.2 Å². The summed E-state index contributed by atoms with van der Waals surface area (Å²) in [4.78, 5) is 0. The van der Waals surface area contributed by atoms with Gasteiger partial charge in [-0.15, -0.1) is 0 Å². The van der Waals surface area contributed by atoms with Gasteiger partial charge in [-0.05, 0) is 0 Å². The first-order chi connectivity index (χ1) is 3.83. The predicted octanol–water partition coefficient (Wildman–Crippen LogP) is -0.502. The molecule has 0 radical (unpaired) electrons. The summed E-state index contributed by atoms with van der Waals surface area (Å²) in [5.41, 5.74) is -0.500. The smallest absolute Gasteiger partial charge is 0.178 e. The van der Waals surface area contributed by atoms with Gasteiger partial charge in [-0.1, -0.05) is 0 Å². The molecule has 1 heterocycles. The Morgan fingerprint density at radius 3 is 2.38 bits per heavy atom. The zero-order valence-electron chi connectivity index (χ0n) is 4.77. The first-order valence-electron chi connectivity index (χ1n) is 2.50. The fourth-order valence-electron chi connectivity index (χ4n) is 0.621. The lowest BCUT2D eigenvalue weighted by Gasteiger charge is -2.34. The lowest BCUT2D eigenvalue weighted by atomic mass is 10.00. The monoisotopic (exact) mass is 112 g/mol. The lowest BCUT2D eigenvalue weighted by molar-refractivity contribution is -0.00297. The van der Waals surface area contributed by atoms with E-state index in [2.05, 4.69) is 11.4 Å². The summed E-state index contributed by atoms with van der Waals surface area (Å²) in [6.45, 7) is 1.33. The third-order valence-electron chi connectivity index (χ3n) is 1.42. The van der Waals surface area contributed by atoms with Gasteiger partial charge in [-0.3, -0.25) is 0 Å². The largest absolute Gasteiger partial charge is 0.361 e. The average Bonchev–Trinajstić information content (AvgIpc) is 1.67. The highest BCUT2D eigenvalue weighted by Crippen LogP contribution is 2.12. The van der Waals surface area contributed by atoms with Crippen LogP contribution in [0.25, 0.3) is 0 Å². The van der Waals surface area contributed by atoms with E-state index in [1.54, 1.807) is 7.11 Å². The number of ether oxygens (including phenoxy) is 1. The van der Waals surface area contributed by atoms with Gasteiger partial charge < -0.3 is 10.1 Å². The first kappa shape index (κ1) is 5.54. The zero-order valence-corrected chi connectivity index (χ0v) is 4.77. The van der Waals surface area contributed by atoms with E-state index in [9.17, 15) is 0 Å². The van der Waals surface area contributed by atoms with Crippen molar-refractivity contribution in [3.63, 3.8) is 0 Å². The van der Waals surface area contributed by atoms with Crippen LogP contribution in [0.3, 0.4) is 0 Å². The number of hydrogen-bond acceptors (Lipinski definition) is 3. The molecule has 0 aromatic heterocycles. The third-order valence-corrected chi connectivity index (χ3v) is 1.42. The number of nitriles is 1. The maximum absolute atomic E-state index is 8.42. The highest BCUT2D eigenvalue weighted by atomic mass is 16.5. The van der Waals surface area contributed by atoms with Gasteiger partial charge in [-0.25, -0.2) is 0 Å². The summed E-state index contributed by atoms with van der Waals surface area (Å²) in [6, 6.07) is 2.08. The second-order valence-electron chi connectivity index (χ2n) is 1.91. The molecule has 0 saturated carbocycles. The van der Waals surface area contributed by atoms with Gasteiger partial charge in [0.2, 0.25) is 0 Å². The fraction of sp³-hybridized carbons (Fsp3) is 0.800. The van der Waals surface area contributed by atoms with Crippen LogP contribution in [0.2, 0.25) is 0 Å². The standard InChI is InChI=1S/C5H8N2O/c1-8-5(2-6)3-7-4-5/h7H,3-4H2,1H3. The van der Waals surface area contributed by atoms with Crippen LogP contribution in [0.15, 0.2) is 0 Å². The molecule has 1 N–H and O–H groups in total. The lowest BCUT2D eigenvalue weighted by Crippen LogP contribution is -2.59. The Bertz CT molecular complexity index is 117. The number of nitrogens with zero attached hydrogens (tertiary/aromatic N) is 1. The molecule has 1 saturated heterocycles. The minimum Gasteiger partial charge on any atom is -0.361 e. The third kappa shape index (κ3) is 0.585. The average molecular weight is 112 g/mol. The Hall–Kier alpha value is -0.590. The van der Waals surface area contributed by atoms with E-state index < -0.39 is 5.60 Å². The summed E-state index contributed by atoms with van der Waals surface area (Å²) in [7, 11) is 1.56. The summed E-state index contributed by atoms with van der Waals surface area (Å²) in [5.74, 6) is 0. The van der Waals surface area contributed by atoms with Gasteiger partial charge in [-0.2, -0.15) is 5.26 Å². The van der Waals surface area contributed by atoms with Crippen molar-refractivity contribution in [2.24, 2.45) is 0 Å². The van der Waals surface area contributed by atoms with Crippen molar-refractivity contribution in [3.05, 3.63) is 0 Å². The summed E-state index contributed by atoms with van der Waals surface area (Å²) in [5, 5.41) is 11.4. The van der Waals surface area contributed by atoms with Crippen molar-refractivity contribution in [2.45, 2.75) is 5.60 Å². The molecule has 3 nitrogen and oxygen atoms in total. The van der Waals surface area contributed by atoms with Crippen LogP contribution in [-0.2, 0) is 4.74 Å². The van der Waals surface area contributed by atoms with Crippen LogP contribution in [0, 0.1) is 11.3 Å². The minimum absolute atomic E-state index is 0.500. The maximum atomic E-state index is 8.42. The number of hydrogen-bond donors (Lipinski definition) is 1. The van der Waals surface area contributed by atoms with Crippen LogP contribution in [0.1, 0.15) is 0 Å². The second kappa shape index (κ2) is 1.73. The summed E-state index contributed by atoms with van der Waals surface area (Å²) in [6.07, 6.45) is 0. The number of methoxy groups -OCH3 is 1. The molecule has 1 aliphatic rings. The number of nitrogens with one attached hydrogen (secondary N) is 1. The second-order valence-corrected chi connectivity index (χ2v) is 1.91. The van der Waals surface area contributed by atoms with Crippen molar-refractivity contribution in [1.82, 2.24) is 5.32 Å². The SMILES string of the molecule is COC1(C#N)CNC1. The maximum Gasteiger partial charge on any atom is 0.178 e. The van der Waals surface area contributed by atoms with E-state index in [1.807, 2.05) is 0 Å². The minimum atomic E-state index is -0.500. The molecular weight excluding hydrogens is 104 g/mol. The highest BCUT2D eigenvalue weighted by molar-refractivity contribution is 5.11. The molecule has 0 atom stereocenters. The van der Waals surface area contributed by atoms with Gasteiger partial charge in [0, 0.05) is 20.2 Å². The molecule has 8 heavy (non-hydrogen) atoms. The molecule has 1 fully saturated rings. The van der Waals surface area contributed by atoms with Gasteiger partial charge in [0.25, 0.3) is 0 Å². The molecular formula is C5H8N2O. The van der Waals surface area contributed by atoms with Gasteiger partial charge in [0.15, 0.2) is 5.60 Å². The molecule has 0 unspecified atom stereocenters. The zero-order chi connectivity index (χ0) is 6.04. The van der Waals surface area contributed by atoms with E-state index in [0.29, 0.717) is 13.1 Å². The van der Waals surface area contributed by atoms with Crippen LogP contribution in [0.5, 0.6) is 0 Å². The molecule has 0 aliphatic carbocycles. The van der Waals surface area contributed by atoms with Crippen molar-refractivity contribution in [3.8, 4) is 6.07 Å². The van der Waals surface area contributed by atoms with Gasteiger partial charge in [0.05, 0.1) is 0 Å². The number of rotatable bonds is 1. The molecule has 0 spiro atoms. The fourth-order valence-corrected chi connectivity index (χ4v) is 0.621. The Balaban J connectivity index is 2.49. The molecule has 0 amide bonds. The van der Waals surface area contributed by atoms with Crippen molar-refractivity contribution < 1.29 is 4.74 Å². The van der Waals surface area contributed by atoms with E-state index in [1.165, 1.54) is 0 Å². The normalized spacial score (nSPS) is 23.5. The summed E-state index contributed by atoms with van der Waals surface area (Å²) < 4.78 is 4.90. The Kier molecular flexibility index (Phi) is 1.20. The van der Waals surface area contributed by atoms with Crippen LogP contribution in [-0.4, -0.2) is 25.8 Å². The Morgan fingerprint density at radius 2 is 2.38 bits per heavy atom. The van der Waals surface area contributed by atoms with Crippen LogP contribution >= 0.6 is 0 Å². The van der Waals surface area contributed by atoms with Crippen LogP contribution < -0.4 is 5.32 Å². The van der Waals surface area contributed by atoms with E-state index in [0.717, 1.165) is 0 Å². The van der Waals surface area contributed by atoms with Crippen molar-refractivity contribution in [1.29, 1.82) is 5.26 Å². The van der Waals surface area contributed by atoms with E-state index >= 15 is 0 Å². The molecule has 44 valence electrons. The van der Waals surface area contributed by atoms with Gasteiger partial charge >= 0.3 is 0 Å². The van der Waals surface area contributed by atoms with Crippen LogP contribution in [0.4, 0.5) is 0 Å². The Morgan fingerprint density at radius 1 is 1.75 bits per heavy atom. The predicted molar refractivity (Wildman–Crippen MR) is 28.2 cm³/mol. The first-order valence-corrected chi connectivity index (χ1v) is 2.50. The molecule has 3 heteroatoms. The molecule has 0 aromatic rings. The van der Waals surface area contributed by atoms with E-state index in [-0.39, 0.29) is 0 Å². The van der Waals surface area contributed by atoms with Gasteiger partial charge in [0.1, 0.15) is 6.07 Å². The molecule has 0 bridgehead atoms. The van der Waals surface area contributed by atoms with E-state index in [4.69, 9.17) is 10.00 Å². The quantitative estimate of drug-likeness (QED) is 0.497. The van der Waals surface area contributed by atoms with Crippen molar-refractivity contribution >= 4 is 0 Å². The topological polar surface area (TPSA) is 45.0 Å². The molecule has 0 aromatic carbocycles. The highest BCUT2D eigenvalue weighted by Gasteiger charge is 2.36. The summed E-state index contributed by atoms with van der Waals surface area (Å²) >= 11 is 0.